The number of carbonyl (C=O) groups excluding carboxylic acids is 4. The summed E-state index contributed by atoms with van der Waals surface area (Å²) in [6.45, 7) is 13.0. The van der Waals surface area contributed by atoms with E-state index in [-0.39, 0.29) is 53.8 Å². The van der Waals surface area contributed by atoms with Crippen LogP contribution in [0.15, 0.2) is 0 Å². The molecule has 0 aromatic rings. The van der Waals surface area contributed by atoms with Gasteiger partial charge in [-0.3, -0.25) is 27.2 Å². The Labute approximate surface area is 100 Å². The smallest absolute Gasteiger partial charge is 0.545 e. The molecule has 0 aliphatic rings. The van der Waals surface area contributed by atoms with Gasteiger partial charge in [-0.05, 0) is 0 Å². The topological polar surface area (TPSA) is 68.3 Å². The van der Waals surface area contributed by atoms with Crippen LogP contribution in [0.25, 0.3) is 0 Å². The molecule has 0 aromatic carbocycles. The van der Waals surface area contributed by atoms with E-state index in [2.05, 4.69) is 27.2 Å². The van der Waals surface area contributed by atoms with Crippen LogP contribution in [0.5, 0.6) is 0 Å². The largest absolute Gasteiger partial charge is 4.00 e. The number of rotatable bonds is 0. The van der Waals surface area contributed by atoms with Gasteiger partial charge in [-0.25, -0.2) is 0 Å². The van der Waals surface area contributed by atoms with Crippen molar-refractivity contribution < 1.29 is 58.1 Å². The summed E-state index contributed by atoms with van der Waals surface area (Å²) in [6.07, 6.45) is 0. The summed E-state index contributed by atoms with van der Waals surface area (Å²) in [7, 11) is 0. The third kappa shape index (κ3) is 147000. The van der Waals surface area contributed by atoms with Crippen molar-refractivity contribution in [3.8, 4) is 0 Å². The van der Waals surface area contributed by atoms with Crippen molar-refractivity contribution in [2.24, 2.45) is 0 Å². The van der Waals surface area contributed by atoms with Gasteiger partial charge in [0.15, 0.2) is 0 Å². The summed E-state index contributed by atoms with van der Waals surface area (Å²) in [5.41, 5.74) is 0. The molecule has 0 bridgehead atoms. The van der Waals surface area contributed by atoms with Gasteiger partial charge in [0, 0.05) is 0 Å². The average Bonchev–Trinajstić information content (AvgIpc) is 2.03. The first-order chi connectivity index (χ1) is 4.00. The number of hydrogen-bond donors (Lipinski definition) is 0. The van der Waals surface area contributed by atoms with Gasteiger partial charge in [-0.15, -0.1) is 0 Å². The molecular formula is C6H10O4Ru2. The van der Waals surface area contributed by atoms with Gasteiger partial charge in [-0.1, -0.05) is 0 Å². The third-order valence-electron chi connectivity index (χ3n) is 0. The standard InChI is InChI=1S/4CHO.2CH3.2Ru/c4*1-2;;;;/h4*1H;2*1H3;;/q6*-1;+2;+4. The third-order valence-corrected chi connectivity index (χ3v) is 0. The molecule has 0 atom stereocenters. The van der Waals surface area contributed by atoms with E-state index in [0.29, 0.717) is 0 Å². The van der Waals surface area contributed by atoms with E-state index < -0.39 is 0 Å². The molecule has 0 rings (SSSR count). The molecule has 0 amide bonds. The SMILES string of the molecule is [CH-]=O.[CH-]=O.[CH-]=O.[CH-]=O.[CH3-].[CH3-].[Ru+2].[Ru+4]. The molecule has 0 fully saturated rings. The minimum atomic E-state index is 0. The summed E-state index contributed by atoms with van der Waals surface area (Å²) in [4.78, 5) is 31.0. The monoisotopic (exact) mass is 350 g/mol. The summed E-state index contributed by atoms with van der Waals surface area (Å²) >= 11 is 0. The molecule has 74 valence electrons. The van der Waals surface area contributed by atoms with Gasteiger partial charge in [0.2, 0.25) is 0 Å². The Balaban J connectivity index is -0.00000000267. The van der Waals surface area contributed by atoms with Gasteiger partial charge in [0.25, 0.3) is 0 Å². The van der Waals surface area contributed by atoms with Crippen molar-refractivity contribution in [1.82, 2.24) is 0 Å². The van der Waals surface area contributed by atoms with Crippen molar-refractivity contribution >= 4 is 27.2 Å². The molecule has 6 heteroatoms. The molecule has 0 heterocycles. The zero-order chi connectivity index (χ0) is 8.00. The Kier molecular flexibility index (Phi) is 1540000. The molecule has 0 N–H and O–H groups in total. The molecule has 12 heavy (non-hydrogen) atoms. The Morgan fingerprint density at radius 3 is 0.500 bits per heavy atom. The zero-order valence-corrected chi connectivity index (χ0v) is 10.1. The maximum absolute atomic E-state index is 7.75. The molecule has 0 aliphatic heterocycles. The van der Waals surface area contributed by atoms with Crippen LogP contribution in [0.3, 0.4) is 0 Å². The summed E-state index contributed by atoms with van der Waals surface area (Å²) < 4.78 is 0. The molecule has 0 radical (unpaired) electrons. The van der Waals surface area contributed by atoms with Crippen molar-refractivity contribution in [2.75, 3.05) is 0 Å². The van der Waals surface area contributed by atoms with E-state index >= 15 is 0 Å². The van der Waals surface area contributed by atoms with Gasteiger partial charge >= 0.3 is 39.0 Å². The predicted molar refractivity (Wildman–Crippen MR) is 39.8 cm³/mol. The molecule has 0 spiro atoms. The van der Waals surface area contributed by atoms with Crippen LogP contribution in [0.4, 0.5) is 0 Å². The second-order valence-corrected chi connectivity index (χ2v) is 0. The molecular weight excluding hydrogens is 338 g/mol. The van der Waals surface area contributed by atoms with Gasteiger partial charge < -0.3 is 34.0 Å². The summed E-state index contributed by atoms with van der Waals surface area (Å²) in [6, 6.07) is 0. The fourth-order valence-electron chi connectivity index (χ4n) is 0. The van der Waals surface area contributed by atoms with Gasteiger partial charge in [0.05, 0.1) is 0 Å². The quantitative estimate of drug-likeness (QED) is 0.345. The van der Waals surface area contributed by atoms with Crippen molar-refractivity contribution in [2.45, 2.75) is 0 Å². The van der Waals surface area contributed by atoms with Gasteiger partial charge in [0.1, 0.15) is 0 Å². The van der Waals surface area contributed by atoms with E-state index in [1.54, 1.807) is 0 Å². The fraction of sp³-hybridized carbons (Fsp3) is 0. The maximum atomic E-state index is 7.75. The zero-order valence-electron chi connectivity index (χ0n) is 6.65. The summed E-state index contributed by atoms with van der Waals surface area (Å²) in [5, 5.41) is 0. The van der Waals surface area contributed by atoms with Crippen molar-refractivity contribution in [3.05, 3.63) is 14.9 Å². The normalized spacial score (nSPS) is 1.33. The molecule has 0 saturated heterocycles. The number of hydrogen-bond acceptors (Lipinski definition) is 4. The van der Waals surface area contributed by atoms with Crippen LogP contribution < -0.4 is 0 Å². The van der Waals surface area contributed by atoms with Crippen LogP contribution in [0.1, 0.15) is 0 Å². The molecule has 0 aromatic heterocycles. The molecule has 4 nitrogen and oxygen atoms in total. The molecule has 0 aliphatic carbocycles. The van der Waals surface area contributed by atoms with Crippen LogP contribution in [0, 0.1) is 14.9 Å². The predicted octanol–water partition coefficient (Wildman–Crippen LogP) is -0.201. The first-order valence-corrected chi connectivity index (χ1v) is 0.943. The first kappa shape index (κ1) is 92.4. The van der Waals surface area contributed by atoms with Crippen molar-refractivity contribution in [1.29, 1.82) is 0 Å². The fourth-order valence-corrected chi connectivity index (χ4v) is 0. The van der Waals surface area contributed by atoms with Crippen LogP contribution in [-0.2, 0) is 58.1 Å². The first-order valence-electron chi connectivity index (χ1n) is 0.943. The Hall–Kier alpha value is -0.0732. The van der Waals surface area contributed by atoms with E-state index in [1.165, 1.54) is 0 Å². The average molecular weight is 348 g/mol. The molecule has 0 saturated carbocycles. The Bertz CT molecular complexity index is 25.5. The Morgan fingerprint density at radius 1 is 0.500 bits per heavy atom. The van der Waals surface area contributed by atoms with Crippen LogP contribution in [0.2, 0.25) is 0 Å². The van der Waals surface area contributed by atoms with Gasteiger partial charge in [-0.2, -0.15) is 0 Å². The Morgan fingerprint density at radius 2 is 0.500 bits per heavy atom. The summed E-state index contributed by atoms with van der Waals surface area (Å²) in [5.74, 6) is 0. The van der Waals surface area contributed by atoms with E-state index in [4.69, 9.17) is 19.2 Å². The van der Waals surface area contributed by atoms with E-state index in [9.17, 15) is 0 Å². The minimum absolute atomic E-state index is 0. The van der Waals surface area contributed by atoms with E-state index in [1.807, 2.05) is 0 Å². The maximum Gasteiger partial charge on any atom is 4.00 e. The minimum Gasteiger partial charge on any atom is -0.545 e. The second-order valence-electron chi connectivity index (χ2n) is 0. The van der Waals surface area contributed by atoms with Crippen molar-refractivity contribution in [3.63, 3.8) is 0 Å². The molecule has 0 unspecified atom stereocenters. The van der Waals surface area contributed by atoms with Crippen LogP contribution >= 0.6 is 0 Å². The van der Waals surface area contributed by atoms with Crippen LogP contribution in [-0.4, -0.2) is 27.2 Å². The second kappa shape index (κ2) is 201000. The van der Waals surface area contributed by atoms with E-state index in [0.717, 1.165) is 0 Å².